The van der Waals surface area contributed by atoms with E-state index in [1.165, 1.54) is 0 Å². The number of hydrogen-bond donors (Lipinski definition) is 2. The van der Waals surface area contributed by atoms with Gasteiger partial charge in [-0.25, -0.2) is 4.79 Å². The van der Waals surface area contributed by atoms with Crippen LogP contribution in [0.2, 0.25) is 0 Å². The highest BCUT2D eigenvalue weighted by atomic mass is 16.5. The van der Waals surface area contributed by atoms with E-state index in [-0.39, 0.29) is 18.0 Å². The second-order valence-electron chi connectivity index (χ2n) is 6.50. The quantitative estimate of drug-likeness (QED) is 0.825. The summed E-state index contributed by atoms with van der Waals surface area (Å²) in [6.45, 7) is 5.51. The standard InChI is InChI=1S/C14H24N2O4/c1-13(2)10-20-8-7-16(13)12(19)15-14(9-11(17)18)5-3-4-6-14/h3-10H2,1-2H3,(H,15,19)(H,17,18). The molecule has 2 aliphatic rings. The summed E-state index contributed by atoms with van der Waals surface area (Å²) in [6.07, 6.45) is 3.44. The molecular weight excluding hydrogens is 260 g/mol. The van der Waals surface area contributed by atoms with Gasteiger partial charge in [-0.05, 0) is 26.7 Å². The van der Waals surface area contributed by atoms with Crippen molar-refractivity contribution in [3.8, 4) is 0 Å². The smallest absolute Gasteiger partial charge is 0.318 e. The van der Waals surface area contributed by atoms with E-state index in [4.69, 9.17) is 9.84 Å². The highest BCUT2D eigenvalue weighted by Gasteiger charge is 2.41. The van der Waals surface area contributed by atoms with Crippen LogP contribution in [0, 0.1) is 0 Å². The molecule has 1 aliphatic carbocycles. The van der Waals surface area contributed by atoms with Crippen LogP contribution >= 0.6 is 0 Å². The molecule has 0 aromatic heterocycles. The number of ether oxygens (including phenoxy) is 1. The van der Waals surface area contributed by atoms with Gasteiger partial charge >= 0.3 is 12.0 Å². The molecule has 6 heteroatoms. The fourth-order valence-electron chi connectivity index (χ4n) is 3.22. The molecule has 6 nitrogen and oxygen atoms in total. The first kappa shape index (κ1) is 15.1. The van der Waals surface area contributed by atoms with Crippen molar-refractivity contribution in [2.75, 3.05) is 19.8 Å². The average Bonchev–Trinajstić information content (AvgIpc) is 2.75. The molecule has 1 saturated heterocycles. The number of nitrogens with zero attached hydrogens (tertiary/aromatic N) is 1. The summed E-state index contributed by atoms with van der Waals surface area (Å²) in [5.74, 6) is -0.853. The molecule has 2 N–H and O–H groups in total. The van der Waals surface area contributed by atoms with Gasteiger partial charge in [-0.15, -0.1) is 0 Å². The molecule has 2 amide bonds. The number of nitrogens with one attached hydrogen (secondary N) is 1. The molecule has 20 heavy (non-hydrogen) atoms. The van der Waals surface area contributed by atoms with Crippen LogP contribution < -0.4 is 5.32 Å². The molecule has 114 valence electrons. The SMILES string of the molecule is CC1(C)COCCN1C(=O)NC1(CC(=O)O)CCCC1. The third-order valence-electron chi connectivity index (χ3n) is 4.31. The van der Waals surface area contributed by atoms with Gasteiger partial charge in [0.25, 0.3) is 0 Å². The first-order valence-electron chi connectivity index (χ1n) is 7.24. The first-order valence-corrected chi connectivity index (χ1v) is 7.24. The largest absolute Gasteiger partial charge is 0.481 e. The van der Waals surface area contributed by atoms with E-state index in [2.05, 4.69) is 5.32 Å². The lowest BCUT2D eigenvalue weighted by molar-refractivity contribution is -0.138. The fourth-order valence-corrected chi connectivity index (χ4v) is 3.22. The summed E-state index contributed by atoms with van der Waals surface area (Å²) in [5, 5.41) is 12.1. The van der Waals surface area contributed by atoms with Crippen molar-refractivity contribution < 1.29 is 19.4 Å². The maximum Gasteiger partial charge on any atom is 0.318 e. The second kappa shape index (κ2) is 5.60. The van der Waals surface area contributed by atoms with E-state index in [1.807, 2.05) is 13.8 Å². The van der Waals surface area contributed by atoms with E-state index in [0.29, 0.717) is 19.8 Å². The van der Waals surface area contributed by atoms with Crippen molar-refractivity contribution in [2.24, 2.45) is 0 Å². The first-order chi connectivity index (χ1) is 9.35. The number of amides is 2. The number of urea groups is 1. The molecule has 2 fully saturated rings. The van der Waals surface area contributed by atoms with Gasteiger partial charge in [0.2, 0.25) is 0 Å². The zero-order valence-electron chi connectivity index (χ0n) is 12.3. The number of morpholine rings is 1. The minimum atomic E-state index is -0.853. The maximum absolute atomic E-state index is 12.5. The molecule has 1 aliphatic heterocycles. The lowest BCUT2D eigenvalue weighted by Gasteiger charge is -2.43. The molecule has 0 aromatic carbocycles. The molecule has 1 saturated carbocycles. The molecule has 0 bridgehead atoms. The van der Waals surface area contributed by atoms with Crippen LogP contribution in [0.3, 0.4) is 0 Å². The summed E-state index contributed by atoms with van der Waals surface area (Å²) < 4.78 is 5.41. The lowest BCUT2D eigenvalue weighted by atomic mass is 9.93. The molecule has 2 rings (SSSR count). The second-order valence-corrected chi connectivity index (χ2v) is 6.50. The molecule has 0 spiro atoms. The Hall–Kier alpha value is -1.30. The summed E-state index contributed by atoms with van der Waals surface area (Å²) in [5.41, 5.74) is -0.928. The average molecular weight is 284 g/mol. The Balaban J connectivity index is 2.06. The van der Waals surface area contributed by atoms with E-state index in [9.17, 15) is 9.59 Å². The predicted octanol–water partition coefficient (Wildman–Crippen LogP) is 1.59. The fraction of sp³-hybridized carbons (Fsp3) is 0.857. The van der Waals surface area contributed by atoms with Crippen LogP contribution in [0.25, 0.3) is 0 Å². The number of aliphatic carboxylic acids is 1. The van der Waals surface area contributed by atoms with E-state index in [0.717, 1.165) is 25.7 Å². The van der Waals surface area contributed by atoms with Gasteiger partial charge in [0.05, 0.1) is 30.7 Å². The van der Waals surface area contributed by atoms with Gasteiger partial charge < -0.3 is 20.1 Å². The zero-order valence-corrected chi connectivity index (χ0v) is 12.3. The summed E-state index contributed by atoms with van der Waals surface area (Å²) >= 11 is 0. The molecule has 1 heterocycles. The van der Waals surface area contributed by atoms with Gasteiger partial charge in [0, 0.05) is 6.54 Å². The van der Waals surface area contributed by atoms with Crippen LogP contribution in [0.4, 0.5) is 4.79 Å². The van der Waals surface area contributed by atoms with Crippen molar-refractivity contribution in [1.82, 2.24) is 10.2 Å². The highest BCUT2D eigenvalue weighted by Crippen LogP contribution is 2.33. The lowest BCUT2D eigenvalue weighted by Crippen LogP contribution is -2.62. The van der Waals surface area contributed by atoms with Gasteiger partial charge in [0.15, 0.2) is 0 Å². The molecule has 0 aromatic rings. The van der Waals surface area contributed by atoms with Gasteiger partial charge in [-0.2, -0.15) is 0 Å². The van der Waals surface area contributed by atoms with Crippen molar-refractivity contribution in [3.05, 3.63) is 0 Å². The van der Waals surface area contributed by atoms with Gasteiger partial charge in [-0.3, -0.25) is 4.79 Å². The van der Waals surface area contributed by atoms with E-state index < -0.39 is 11.5 Å². The Kier molecular flexibility index (Phi) is 4.22. The summed E-state index contributed by atoms with van der Waals surface area (Å²) in [6, 6.07) is -0.165. The Morgan fingerprint density at radius 2 is 1.95 bits per heavy atom. The minimum absolute atomic E-state index is 0.00348. The molecule has 0 radical (unpaired) electrons. The van der Waals surface area contributed by atoms with Gasteiger partial charge in [-0.1, -0.05) is 12.8 Å². The summed E-state index contributed by atoms with van der Waals surface area (Å²) in [4.78, 5) is 25.3. The van der Waals surface area contributed by atoms with Crippen LogP contribution in [0.5, 0.6) is 0 Å². The Labute approximate surface area is 119 Å². The molecular formula is C14H24N2O4. The Bertz CT molecular complexity index is 389. The minimum Gasteiger partial charge on any atom is -0.481 e. The number of hydrogen-bond acceptors (Lipinski definition) is 3. The monoisotopic (exact) mass is 284 g/mol. The highest BCUT2D eigenvalue weighted by molar-refractivity contribution is 5.78. The molecule has 0 unspecified atom stereocenters. The topological polar surface area (TPSA) is 78.9 Å². The number of rotatable bonds is 3. The van der Waals surface area contributed by atoms with Crippen LogP contribution in [-0.2, 0) is 9.53 Å². The zero-order chi connectivity index (χ0) is 14.8. The third kappa shape index (κ3) is 3.23. The van der Waals surface area contributed by atoms with E-state index >= 15 is 0 Å². The Morgan fingerprint density at radius 3 is 2.50 bits per heavy atom. The summed E-state index contributed by atoms with van der Waals surface area (Å²) in [7, 11) is 0. The third-order valence-corrected chi connectivity index (χ3v) is 4.31. The van der Waals surface area contributed by atoms with E-state index in [1.54, 1.807) is 4.90 Å². The van der Waals surface area contributed by atoms with Crippen LogP contribution in [0.1, 0.15) is 46.0 Å². The normalized spacial score (nSPS) is 24.4. The van der Waals surface area contributed by atoms with Crippen molar-refractivity contribution in [2.45, 2.75) is 57.0 Å². The predicted molar refractivity (Wildman–Crippen MR) is 73.6 cm³/mol. The van der Waals surface area contributed by atoms with Crippen LogP contribution in [0.15, 0.2) is 0 Å². The maximum atomic E-state index is 12.5. The van der Waals surface area contributed by atoms with Crippen LogP contribution in [-0.4, -0.2) is 52.8 Å². The van der Waals surface area contributed by atoms with Gasteiger partial charge in [0.1, 0.15) is 0 Å². The Morgan fingerprint density at radius 1 is 1.30 bits per heavy atom. The van der Waals surface area contributed by atoms with Crippen molar-refractivity contribution in [1.29, 1.82) is 0 Å². The number of carboxylic acid groups (broad SMARTS) is 1. The number of carbonyl (C=O) groups is 2. The van der Waals surface area contributed by atoms with Crippen molar-refractivity contribution in [3.63, 3.8) is 0 Å². The number of carboxylic acids is 1. The number of carbonyl (C=O) groups excluding carboxylic acids is 1. The molecule has 0 atom stereocenters. The van der Waals surface area contributed by atoms with Crippen molar-refractivity contribution >= 4 is 12.0 Å².